The number of amides is 1. The van der Waals surface area contributed by atoms with Crippen LogP contribution in [0.25, 0.3) is 11.0 Å². The summed E-state index contributed by atoms with van der Waals surface area (Å²) in [6.07, 6.45) is 8.47. The van der Waals surface area contributed by atoms with Crippen LogP contribution >= 0.6 is 11.6 Å². The van der Waals surface area contributed by atoms with Gasteiger partial charge < -0.3 is 25.3 Å². The monoisotopic (exact) mass is 442 g/mol. The molecular formula is C20H23ClN8O2. The van der Waals surface area contributed by atoms with Gasteiger partial charge >= 0.3 is 0 Å². The first-order valence-electron chi connectivity index (χ1n) is 10.2. The highest BCUT2D eigenvalue weighted by Gasteiger charge is 2.26. The third-order valence-electron chi connectivity index (χ3n) is 5.64. The Hall–Kier alpha value is -3.11. The van der Waals surface area contributed by atoms with E-state index < -0.39 is 0 Å². The molecule has 5 heterocycles. The minimum Gasteiger partial charge on any atom is -0.379 e. The van der Waals surface area contributed by atoms with Crippen molar-refractivity contribution in [3.05, 3.63) is 36.3 Å². The normalized spacial score (nSPS) is 21.0. The van der Waals surface area contributed by atoms with E-state index in [1.807, 2.05) is 10.9 Å². The number of anilines is 3. The van der Waals surface area contributed by atoms with Crippen molar-refractivity contribution in [1.82, 2.24) is 29.6 Å². The van der Waals surface area contributed by atoms with Crippen LogP contribution in [0.4, 0.5) is 17.5 Å². The lowest BCUT2D eigenvalue weighted by atomic mass is 10.2. The van der Waals surface area contributed by atoms with Gasteiger partial charge in [0.25, 0.3) is 0 Å². The van der Waals surface area contributed by atoms with Crippen molar-refractivity contribution in [2.24, 2.45) is 0 Å². The molecule has 0 spiro atoms. The highest BCUT2D eigenvalue weighted by Crippen LogP contribution is 2.31. The summed E-state index contributed by atoms with van der Waals surface area (Å²) in [5.74, 6) is 0.977. The molecule has 10 nitrogen and oxygen atoms in total. The van der Waals surface area contributed by atoms with Crippen molar-refractivity contribution < 1.29 is 9.53 Å². The molecule has 0 saturated carbocycles. The molecule has 0 aromatic carbocycles. The smallest absolute Gasteiger partial charge is 0.246 e. The molecule has 0 bridgehead atoms. The van der Waals surface area contributed by atoms with Gasteiger partial charge in [-0.1, -0.05) is 18.2 Å². The van der Waals surface area contributed by atoms with E-state index in [1.54, 1.807) is 17.3 Å². The number of nitrogens with zero attached hydrogens (tertiary/aromatic N) is 5. The third kappa shape index (κ3) is 3.96. The SMILES string of the molecule is C=CC(=O)N1CCC(Nc2nc(Nc3cnn(C4CCOC4)c3)nc3[nH]cc(Cl)c23)C1. The zero-order valence-electron chi connectivity index (χ0n) is 16.8. The van der Waals surface area contributed by atoms with E-state index in [1.165, 1.54) is 6.08 Å². The first-order chi connectivity index (χ1) is 15.1. The van der Waals surface area contributed by atoms with E-state index >= 15 is 0 Å². The summed E-state index contributed by atoms with van der Waals surface area (Å²) in [7, 11) is 0. The Morgan fingerprint density at radius 2 is 2.29 bits per heavy atom. The number of aromatic amines is 1. The fourth-order valence-corrected chi connectivity index (χ4v) is 4.25. The van der Waals surface area contributed by atoms with Gasteiger partial charge in [-0.2, -0.15) is 15.1 Å². The first kappa shape index (κ1) is 19.8. The van der Waals surface area contributed by atoms with Crippen LogP contribution in [0, 0.1) is 0 Å². The lowest BCUT2D eigenvalue weighted by Gasteiger charge is -2.17. The molecule has 3 aromatic heterocycles. The van der Waals surface area contributed by atoms with Crippen molar-refractivity contribution in [3.63, 3.8) is 0 Å². The maximum atomic E-state index is 11.9. The van der Waals surface area contributed by atoms with Crippen LogP contribution in [0.15, 0.2) is 31.2 Å². The first-order valence-corrected chi connectivity index (χ1v) is 10.6. The molecule has 2 aliphatic heterocycles. The van der Waals surface area contributed by atoms with Crippen LogP contribution < -0.4 is 10.6 Å². The Kier molecular flexibility index (Phi) is 5.24. The van der Waals surface area contributed by atoms with E-state index in [4.69, 9.17) is 16.3 Å². The number of H-pyrrole nitrogens is 1. The van der Waals surface area contributed by atoms with Crippen molar-refractivity contribution >= 4 is 46.0 Å². The molecule has 0 radical (unpaired) electrons. The van der Waals surface area contributed by atoms with Gasteiger partial charge in [0.2, 0.25) is 11.9 Å². The summed E-state index contributed by atoms with van der Waals surface area (Å²) >= 11 is 6.38. The van der Waals surface area contributed by atoms with Gasteiger partial charge in [-0.15, -0.1) is 0 Å². The molecule has 3 N–H and O–H groups in total. The number of hydrogen-bond acceptors (Lipinski definition) is 7. The van der Waals surface area contributed by atoms with E-state index in [2.05, 4.69) is 37.3 Å². The second-order valence-corrected chi connectivity index (χ2v) is 8.13. The lowest BCUT2D eigenvalue weighted by Crippen LogP contribution is -2.30. The highest BCUT2D eigenvalue weighted by atomic mass is 35.5. The molecule has 2 fully saturated rings. The summed E-state index contributed by atoms with van der Waals surface area (Å²) in [4.78, 5) is 26.0. The second kappa shape index (κ2) is 8.20. The Morgan fingerprint density at radius 1 is 1.39 bits per heavy atom. The second-order valence-electron chi connectivity index (χ2n) is 7.73. The fourth-order valence-electron chi connectivity index (χ4n) is 4.02. The zero-order valence-corrected chi connectivity index (χ0v) is 17.6. The maximum absolute atomic E-state index is 11.9. The van der Waals surface area contributed by atoms with E-state index in [0.717, 1.165) is 30.5 Å². The average molecular weight is 443 g/mol. The van der Waals surface area contributed by atoms with Gasteiger partial charge in [0, 0.05) is 38.1 Å². The quantitative estimate of drug-likeness (QED) is 0.503. The average Bonchev–Trinajstić information content (AvgIpc) is 3.55. The van der Waals surface area contributed by atoms with Gasteiger partial charge in [-0.05, 0) is 18.9 Å². The molecule has 5 rings (SSSR count). The largest absolute Gasteiger partial charge is 0.379 e. The summed E-state index contributed by atoms with van der Waals surface area (Å²) in [5.41, 5.74) is 1.41. The fraction of sp³-hybridized carbons (Fsp3) is 0.400. The topological polar surface area (TPSA) is 113 Å². The molecule has 11 heteroatoms. The number of carbonyl (C=O) groups is 1. The van der Waals surface area contributed by atoms with Crippen molar-refractivity contribution in [2.45, 2.75) is 24.9 Å². The Morgan fingerprint density at radius 3 is 3.10 bits per heavy atom. The minimum absolute atomic E-state index is 0.0610. The van der Waals surface area contributed by atoms with Crippen LogP contribution in [-0.4, -0.2) is 67.9 Å². The van der Waals surface area contributed by atoms with E-state index in [9.17, 15) is 4.79 Å². The molecule has 3 aromatic rings. The standard InChI is InChI=1S/C20H23ClN8O2/c1-2-16(30)28-5-3-12(9-28)24-19-17-15(21)8-22-18(17)26-20(27-19)25-13-7-23-29(10-13)14-4-6-31-11-14/h2,7-8,10,12,14H,1,3-6,9,11H2,(H3,22,24,25,26,27). The molecular weight excluding hydrogens is 420 g/mol. The number of ether oxygens (including phenoxy) is 1. The van der Waals surface area contributed by atoms with Crippen LogP contribution in [0.2, 0.25) is 5.02 Å². The zero-order chi connectivity index (χ0) is 21.4. The summed E-state index contributed by atoms with van der Waals surface area (Å²) < 4.78 is 7.34. The van der Waals surface area contributed by atoms with Gasteiger partial charge in [0.15, 0.2) is 0 Å². The van der Waals surface area contributed by atoms with E-state index in [0.29, 0.717) is 42.1 Å². The molecule has 1 amide bonds. The van der Waals surface area contributed by atoms with Gasteiger partial charge in [0.05, 0.1) is 34.9 Å². The van der Waals surface area contributed by atoms with Crippen LogP contribution in [0.1, 0.15) is 18.9 Å². The van der Waals surface area contributed by atoms with Gasteiger partial charge in [0.1, 0.15) is 11.5 Å². The van der Waals surface area contributed by atoms with Crippen LogP contribution in [0.5, 0.6) is 0 Å². The number of likely N-dealkylation sites (tertiary alicyclic amines) is 1. The lowest BCUT2D eigenvalue weighted by molar-refractivity contribution is -0.125. The van der Waals surface area contributed by atoms with Crippen LogP contribution in [0.3, 0.4) is 0 Å². The Balaban J connectivity index is 1.38. The summed E-state index contributed by atoms with van der Waals surface area (Å²) in [5, 5.41) is 12.3. The van der Waals surface area contributed by atoms with Crippen molar-refractivity contribution in [2.75, 3.05) is 36.9 Å². The van der Waals surface area contributed by atoms with Crippen molar-refractivity contribution in [3.8, 4) is 0 Å². The molecule has 2 aliphatic rings. The highest BCUT2D eigenvalue weighted by molar-refractivity contribution is 6.36. The minimum atomic E-state index is -0.0659. The Labute approximate surface area is 183 Å². The Bertz CT molecular complexity index is 1120. The predicted octanol–water partition coefficient (Wildman–Crippen LogP) is 2.71. The molecule has 2 atom stereocenters. The molecule has 2 unspecified atom stereocenters. The molecule has 162 valence electrons. The van der Waals surface area contributed by atoms with Crippen molar-refractivity contribution in [1.29, 1.82) is 0 Å². The number of fused-ring (bicyclic) bond motifs is 1. The number of rotatable bonds is 6. The van der Waals surface area contributed by atoms with Gasteiger partial charge in [-0.3, -0.25) is 9.48 Å². The maximum Gasteiger partial charge on any atom is 0.246 e. The number of carbonyl (C=O) groups excluding carboxylic acids is 1. The van der Waals surface area contributed by atoms with E-state index in [-0.39, 0.29) is 18.0 Å². The van der Waals surface area contributed by atoms with Crippen LogP contribution in [-0.2, 0) is 9.53 Å². The summed E-state index contributed by atoms with van der Waals surface area (Å²) in [6, 6.07) is 0.313. The summed E-state index contributed by atoms with van der Waals surface area (Å²) in [6.45, 7) is 6.25. The molecule has 31 heavy (non-hydrogen) atoms. The number of halogens is 1. The molecule has 2 saturated heterocycles. The number of nitrogens with one attached hydrogen (secondary N) is 3. The third-order valence-corrected chi connectivity index (χ3v) is 5.93. The number of aromatic nitrogens is 5. The van der Waals surface area contributed by atoms with Gasteiger partial charge in [-0.25, -0.2) is 0 Å². The number of hydrogen-bond donors (Lipinski definition) is 3. The molecule has 0 aliphatic carbocycles. The predicted molar refractivity (Wildman–Crippen MR) is 118 cm³/mol.